The van der Waals surface area contributed by atoms with Crippen LogP contribution >= 0.6 is 11.8 Å². The van der Waals surface area contributed by atoms with Crippen molar-refractivity contribution in [1.82, 2.24) is 14.7 Å². The minimum Gasteiger partial charge on any atom is -0.343 e. The maximum absolute atomic E-state index is 13.0. The SMILES string of the molecule is CS/C=C\c1c(-c2ccc(C)cc2)c(C(=O)N(C)C)nn1-c1ccc(C)cc1. The number of aromatic nitrogens is 2. The molecule has 3 rings (SSSR count). The third kappa shape index (κ3) is 4.04. The van der Waals surface area contributed by atoms with Crippen LogP contribution in [-0.4, -0.2) is 40.9 Å². The molecule has 3 aromatic rings. The number of amides is 1. The largest absolute Gasteiger partial charge is 0.343 e. The van der Waals surface area contributed by atoms with Gasteiger partial charge in [-0.1, -0.05) is 47.5 Å². The maximum atomic E-state index is 13.0. The number of nitrogens with zero attached hydrogens (tertiary/aromatic N) is 3. The summed E-state index contributed by atoms with van der Waals surface area (Å²) in [4.78, 5) is 14.5. The van der Waals surface area contributed by atoms with E-state index in [4.69, 9.17) is 5.10 Å². The number of hydrogen-bond acceptors (Lipinski definition) is 3. The van der Waals surface area contributed by atoms with Crippen molar-refractivity contribution in [3.05, 3.63) is 76.5 Å². The summed E-state index contributed by atoms with van der Waals surface area (Å²) < 4.78 is 1.86. The number of rotatable bonds is 5. The standard InChI is InChI=1S/C23H25N3OS/c1-16-6-10-18(11-7-16)21-20(14-15-28-5)26(19-12-8-17(2)9-13-19)24-22(21)23(27)25(3)4/h6-15H,1-5H3/b15-14-. The molecule has 0 saturated heterocycles. The van der Waals surface area contributed by atoms with Gasteiger partial charge in [-0.05, 0) is 49.3 Å². The maximum Gasteiger partial charge on any atom is 0.274 e. The highest BCUT2D eigenvalue weighted by atomic mass is 32.2. The Hall–Kier alpha value is -2.79. The molecule has 0 atom stereocenters. The van der Waals surface area contributed by atoms with Crippen LogP contribution in [0.1, 0.15) is 27.3 Å². The van der Waals surface area contributed by atoms with E-state index in [0.29, 0.717) is 5.69 Å². The Morgan fingerprint density at radius 3 is 2.11 bits per heavy atom. The molecule has 0 fully saturated rings. The number of hydrogen-bond donors (Lipinski definition) is 0. The molecule has 1 amide bonds. The van der Waals surface area contributed by atoms with E-state index in [1.54, 1.807) is 30.8 Å². The predicted octanol–water partition coefficient (Wildman–Crippen LogP) is 5.19. The number of carbonyl (C=O) groups is 1. The van der Waals surface area contributed by atoms with Crippen LogP contribution in [0.2, 0.25) is 0 Å². The lowest BCUT2D eigenvalue weighted by molar-refractivity contribution is 0.0822. The lowest BCUT2D eigenvalue weighted by Crippen LogP contribution is -2.23. The average molecular weight is 392 g/mol. The van der Waals surface area contributed by atoms with Crippen LogP contribution in [-0.2, 0) is 0 Å². The molecule has 144 valence electrons. The van der Waals surface area contributed by atoms with Gasteiger partial charge in [-0.2, -0.15) is 5.10 Å². The van der Waals surface area contributed by atoms with Crippen molar-refractivity contribution >= 4 is 23.7 Å². The molecule has 0 N–H and O–H groups in total. The van der Waals surface area contributed by atoms with Crippen LogP contribution in [0.4, 0.5) is 0 Å². The normalized spacial score (nSPS) is 11.2. The minimum absolute atomic E-state index is 0.111. The first-order valence-corrected chi connectivity index (χ1v) is 10.4. The zero-order valence-corrected chi connectivity index (χ0v) is 17.7. The molecule has 1 heterocycles. The van der Waals surface area contributed by atoms with E-state index < -0.39 is 0 Å². The topological polar surface area (TPSA) is 38.1 Å². The average Bonchev–Trinajstić information content (AvgIpc) is 3.06. The van der Waals surface area contributed by atoms with Crippen LogP contribution in [0.15, 0.2) is 53.9 Å². The van der Waals surface area contributed by atoms with Gasteiger partial charge < -0.3 is 4.90 Å². The van der Waals surface area contributed by atoms with Gasteiger partial charge in [0.25, 0.3) is 5.91 Å². The zero-order valence-electron chi connectivity index (χ0n) is 16.9. The fourth-order valence-corrected chi connectivity index (χ4v) is 3.23. The molecule has 0 unspecified atom stereocenters. The summed E-state index contributed by atoms with van der Waals surface area (Å²) in [5.41, 5.74) is 6.47. The summed E-state index contributed by atoms with van der Waals surface area (Å²) in [5, 5.41) is 6.77. The highest BCUT2D eigenvalue weighted by Crippen LogP contribution is 2.32. The fourth-order valence-electron chi connectivity index (χ4n) is 2.97. The Morgan fingerprint density at radius 1 is 1.00 bits per heavy atom. The van der Waals surface area contributed by atoms with Crippen molar-refractivity contribution in [3.8, 4) is 16.8 Å². The third-order valence-electron chi connectivity index (χ3n) is 4.51. The van der Waals surface area contributed by atoms with Gasteiger partial charge in [-0.3, -0.25) is 4.79 Å². The Labute approximate surface area is 170 Å². The number of benzene rings is 2. The second-order valence-electron chi connectivity index (χ2n) is 6.96. The van der Waals surface area contributed by atoms with Gasteiger partial charge in [-0.25, -0.2) is 4.68 Å². The summed E-state index contributed by atoms with van der Waals surface area (Å²) in [5.74, 6) is -0.111. The van der Waals surface area contributed by atoms with Crippen molar-refractivity contribution in [1.29, 1.82) is 0 Å². The smallest absolute Gasteiger partial charge is 0.274 e. The molecular formula is C23H25N3OS. The van der Waals surface area contributed by atoms with E-state index in [9.17, 15) is 4.79 Å². The number of carbonyl (C=O) groups excluding carboxylic acids is 1. The van der Waals surface area contributed by atoms with Crippen molar-refractivity contribution in [2.24, 2.45) is 0 Å². The van der Waals surface area contributed by atoms with E-state index in [-0.39, 0.29) is 5.91 Å². The van der Waals surface area contributed by atoms with Crippen LogP contribution in [0.5, 0.6) is 0 Å². The number of thioether (sulfide) groups is 1. The first kappa shape index (κ1) is 20.0. The molecule has 5 heteroatoms. The molecule has 0 spiro atoms. The van der Waals surface area contributed by atoms with Crippen molar-refractivity contribution in [2.45, 2.75) is 13.8 Å². The zero-order chi connectivity index (χ0) is 20.3. The van der Waals surface area contributed by atoms with E-state index in [0.717, 1.165) is 22.5 Å². The Balaban J connectivity index is 2.32. The Bertz CT molecular complexity index is 1000. The Kier molecular flexibility index (Phi) is 6.05. The highest BCUT2D eigenvalue weighted by molar-refractivity contribution is 8.01. The first-order valence-electron chi connectivity index (χ1n) is 9.10. The molecule has 0 aliphatic rings. The molecule has 0 aliphatic heterocycles. The number of aryl methyl sites for hydroxylation is 2. The van der Waals surface area contributed by atoms with E-state index in [1.807, 2.05) is 34.6 Å². The molecule has 2 aromatic carbocycles. The van der Waals surface area contributed by atoms with Gasteiger partial charge in [0, 0.05) is 19.7 Å². The van der Waals surface area contributed by atoms with Crippen LogP contribution < -0.4 is 0 Å². The molecule has 28 heavy (non-hydrogen) atoms. The minimum atomic E-state index is -0.111. The van der Waals surface area contributed by atoms with Crippen LogP contribution in [0.25, 0.3) is 22.9 Å². The summed E-state index contributed by atoms with van der Waals surface area (Å²) in [6.07, 6.45) is 4.04. The van der Waals surface area contributed by atoms with Crippen molar-refractivity contribution in [3.63, 3.8) is 0 Å². The summed E-state index contributed by atoms with van der Waals surface area (Å²) >= 11 is 1.62. The van der Waals surface area contributed by atoms with Gasteiger partial charge in [0.2, 0.25) is 0 Å². The predicted molar refractivity (Wildman–Crippen MR) is 119 cm³/mol. The van der Waals surface area contributed by atoms with E-state index >= 15 is 0 Å². The monoisotopic (exact) mass is 391 g/mol. The third-order valence-corrected chi connectivity index (χ3v) is 4.92. The summed E-state index contributed by atoms with van der Waals surface area (Å²) in [6, 6.07) is 16.4. The van der Waals surface area contributed by atoms with E-state index in [1.165, 1.54) is 11.1 Å². The first-order chi connectivity index (χ1) is 13.4. The van der Waals surface area contributed by atoms with Gasteiger partial charge in [0.15, 0.2) is 5.69 Å². The van der Waals surface area contributed by atoms with Crippen molar-refractivity contribution in [2.75, 3.05) is 20.4 Å². The molecule has 4 nitrogen and oxygen atoms in total. The van der Waals surface area contributed by atoms with Crippen LogP contribution in [0, 0.1) is 13.8 Å². The summed E-state index contributed by atoms with van der Waals surface area (Å²) in [6.45, 7) is 4.11. The van der Waals surface area contributed by atoms with Gasteiger partial charge >= 0.3 is 0 Å². The lowest BCUT2D eigenvalue weighted by atomic mass is 10.0. The van der Waals surface area contributed by atoms with Gasteiger partial charge in [0.1, 0.15) is 0 Å². The van der Waals surface area contributed by atoms with Gasteiger partial charge in [0.05, 0.1) is 11.4 Å². The molecular weight excluding hydrogens is 366 g/mol. The lowest BCUT2D eigenvalue weighted by Gasteiger charge is -2.10. The van der Waals surface area contributed by atoms with E-state index in [2.05, 4.69) is 50.2 Å². The summed E-state index contributed by atoms with van der Waals surface area (Å²) in [7, 11) is 3.51. The molecule has 0 saturated carbocycles. The van der Waals surface area contributed by atoms with Crippen molar-refractivity contribution < 1.29 is 4.79 Å². The second kappa shape index (κ2) is 8.48. The second-order valence-corrected chi connectivity index (χ2v) is 7.70. The Morgan fingerprint density at radius 2 is 1.57 bits per heavy atom. The fraction of sp³-hybridized carbons (Fsp3) is 0.217. The highest BCUT2D eigenvalue weighted by Gasteiger charge is 2.24. The van der Waals surface area contributed by atoms with Gasteiger partial charge in [-0.15, -0.1) is 11.8 Å². The molecule has 0 radical (unpaired) electrons. The molecule has 0 aliphatic carbocycles. The van der Waals surface area contributed by atoms with Crippen LogP contribution in [0.3, 0.4) is 0 Å². The molecule has 0 bridgehead atoms. The molecule has 1 aromatic heterocycles. The quantitative estimate of drug-likeness (QED) is 0.601.